The topological polar surface area (TPSA) is 59.4 Å². The second-order valence-electron chi connectivity index (χ2n) is 10.7. The maximum atomic E-state index is 14.1. The summed E-state index contributed by atoms with van der Waals surface area (Å²) in [5, 5.41) is 11.3. The van der Waals surface area contributed by atoms with Crippen LogP contribution in [0.5, 0.6) is 0 Å². The summed E-state index contributed by atoms with van der Waals surface area (Å²) in [6.45, 7) is 2.96. The summed E-state index contributed by atoms with van der Waals surface area (Å²) < 4.78 is 0. The first-order chi connectivity index (χ1) is 17.0. The van der Waals surface area contributed by atoms with E-state index in [2.05, 4.69) is 58.1 Å². The molecule has 2 aliphatic heterocycles. The molecule has 2 heterocycles. The lowest BCUT2D eigenvalue weighted by Crippen LogP contribution is -2.57. The monoisotopic (exact) mass is 474 g/mol. The van der Waals surface area contributed by atoms with Crippen molar-refractivity contribution in [3.05, 3.63) is 71.8 Å². The molecule has 1 aliphatic carbocycles. The van der Waals surface area contributed by atoms with Crippen LogP contribution in [-0.2, 0) is 11.2 Å². The van der Waals surface area contributed by atoms with Crippen LogP contribution in [0.25, 0.3) is 0 Å². The zero-order valence-electron chi connectivity index (χ0n) is 20.8. The van der Waals surface area contributed by atoms with Gasteiger partial charge in [-0.1, -0.05) is 79.9 Å². The van der Waals surface area contributed by atoms with Gasteiger partial charge in [0.05, 0.1) is 18.0 Å². The van der Waals surface area contributed by atoms with Crippen LogP contribution >= 0.6 is 0 Å². The van der Waals surface area contributed by atoms with Gasteiger partial charge < -0.3 is 19.8 Å². The molecule has 0 spiro atoms. The molecule has 186 valence electrons. The predicted octanol–water partition coefficient (Wildman–Crippen LogP) is 3.52. The average molecular weight is 475 g/mol. The minimum Gasteiger partial charge on any atom is -0.388 e. The summed E-state index contributed by atoms with van der Waals surface area (Å²) in [7, 11) is 2.13. The Balaban J connectivity index is 1.39. The number of hydrogen-bond donors (Lipinski definition) is 1. The number of likely N-dealkylation sites (N-methyl/N-ethyl adjacent to an activating group) is 1. The molecule has 1 amide bonds. The van der Waals surface area contributed by atoms with Crippen LogP contribution in [0, 0.1) is 0 Å². The van der Waals surface area contributed by atoms with Gasteiger partial charge in [-0.15, -0.1) is 0 Å². The van der Waals surface area contributed by atoms with E-state index in [1.54, 1.807) is 0 Å². The number of piperazine rings is 1. The van der Waals surface area contributed by atoms with Crippen molar-refractivity contribution in [2.45, 2.75) is 62.3 Å². The Bertz CT molecular complexity index is 1010. The zero-order valence-corrected chi connectivity index (χ0v) is 20.8. The first-order valence-electron chi connectivity index (χ1n) is 13.1. The third-order valence-corrected chi connectivity index (χ3v) is 7.97. The van der Waals surface area contributed by atoms with Crippen molar-refractivity contribution < 1.29 is 9.90 Å². The minimum absolute atomic E-state index is 0.0993. The predicted molar refractivity (Wildman–Crippen MR) is 139 cm³/mol. The Hall–Kier alpha value is -2.70. The summed E-state index contributed by atoms with van der Waals surface area (Å²) >= 11 is 0. The number of aliphatic hydroxyl groups is 1. The Morgan fingerprint density at radius 2 is 1.69 bits per heavy atom. The molecular weight excluding hydrogens is 436 g/mol. The molecule has 1 saturated heterocycles. The van der Waals surface area contributed by atoms with Gasteiger partial charge in [0.25, 0.3) is 0 Å². The van der Waals surface area contributed by atoms with Crippen LogP contribution in [0.15, 0.2) is 65.7 Å². The molecule has 3 aliphatic rings. The van der Waals surface area contributed by atoms with E-state index >= 15 is 0 Å². The standard InChI is InChI=1S/C29H38N4O2/c1-31-17-18-33(25(20-31)19-23-11-5-2-6-12-23)28(34)26-27(24-13-7-3-8-14-24)32(22-30-26)21-29(35)15-9-4-10-16-29/h2-3,5-8,11-14,22,25-27,35H,4,9-10,15-21H2,1H3/t25-,26?,27?/m1/s1. The van der Waals surface area contributed by atoms with E-state index in [0.717, 1.165) is 50.8 Å². The smallest absolute Gasteiger partial charge is 0.250 e. The zero-order chi connectivity index (χ0) is 24.3. The van der Waals surface area contributed by atoms with Crippen LogP contribution in [0.3, 0.4) is 0 Å². The highest BCUT2D eigenvalue weighted by molar-refractivity contribution is 5.87. The van der Waals surface area contributed by atoms with Gasteiger partial charge in [-0.25, -0.2) is 0 Å². The fourth-order valence-electron chi connectivity index (χ4n) is 6.09. The number of amides is 1. The van der Waals surface area contributed by atoms with Crippen LogP contribution in [-0.4, -0.2) is 83.0 Å². The molecule has 6 nitrogen and oxygen atoms in total. The van der Waals surface area contributed by atoms with Gasteiger partial charge in [0, 0.05) is 32.2 Å². The maximum Gasteiger partial charge on any atom is 0.250 e. The molecule has 0 bridgehead atoms. The molecule has 0 radical (unpaired) electrons. The number of nitrogens with zero attached hydrogens (tertiary/aromatic N) is 4. The molecule has 2 fully saturated rings. The fraction of sp³-hybridized carbons (Fsp3) is 0.517. The number of rotatable bonds is 6. The van der Waals surface area contributed by atoms with E-state index in [0.29, 0.717) is 13.1 Å². The van der Waals surface area contributed by atoms with Gasteiger partial charge in [-0.3, -0.25) is 9.79 Å². The minimum atomic E-state index is -0.709. The van der Waals surface area contributed by atoms with E-state index in [1.165, 1.54) is 12.0 Å². The van der Waals surface area contributed by atoms with Crippen molar-refractivity contribution in [3.63, 3.8) is 0 Å². The largest absolute Gasteiger partial charge is 0.388 e. The van der Waals surface area contributed by atoms with E-state index < -0.39 is 11.6 Å². The second kappa shape index (κ2) is 10.5. The van der Waals surface area contributed by atoms with E-state index in [1.807, 2.05) is 30.6 Å². The van der Waals surface area contributed by atoms with Gasteiger partial charge in [-0.05, 0) is 37.4 Å². The highest BCUT2D eigenvalue weighted by Crippen LogP contribution is 2.36. The molecular formula is C29H38N4O2. The molecule has 1 N–H and O–H groups in total. The number of hydrogen-bond acceptors (Lipinski definition) is 5. The number of carbonyl (C=O) groups is 1. The van der Waals surface area contributed by atoms with Gasteiger partial charge in [0.1, 0.15) is 0 Å². The quantitative estimate of drug-likeness (QED) is 0.696. The Morgan fingerprint density at radius 1 is 1.00 bits per heavy atom. The van der Waals surface area contributed by atoms with Crippen molar-refractivity contribution in [1.82, 2.24) is 14.7 Å². The molecule has 2 aromatic rings. The average Bonchev–Trinajstić information content (AvgIpc) is 3.28. The van der Waals surface area contributed by atoms with E-state index in [-0.39, 0.29) is 18.0 Å². The van der Waals surface area contributed by atoms with Crippen LogP contribution < -0.4 is 0 Å². The van der Waals surface area contributed by atoms with Gasteiger partial charge in [-0.2, -0.15) is 0 Å². The van der Waals surface area contributed by atoms with Gasteiger partial charge in [0.2, 0.25) is 5.91 Å². The highest BCUT2D eigenvalue weighted by Gasteiger charge is 2.44. The van der Waals surface area contributed by atoms with Crippen LogP contribution in [0.2, 0.25) is 0 Å². The van der Waals surface area contributed by atoms with Crippen molar-refractivity contribution in [2.24, 2.45) is 4.99 Å². The van der Waals surface area contributed by atoms with Crippen molar-refractivity contribution in [2.75, 3.05) is 33.2 Å². The first kappa shape index (κ1) is 24.0. The number of β-amino-alcohol motifs (C(OH)–C–C–N with tert-alkyl or cyclic N) is 1. The normalized spacial score (nSPS) is 26.7. The van der Waals surface area contributed by atoms with Crippen molar-refractivity contribution >= 4 is 12.2 Å². The van der Waals surface area contributed by atoms with Crippen LogP contribution in [0.1, 0.15) is 49.3 Å². The lowest BCUT2D eigenvalue weighted by Gasteiger charge is -2.42. The Morgan fingerprint density at radius 3 is 2.40 bits per heavy atom. The molecule has 0 aromatic heterocycles. The lowest BCUT2D eigenvalue weighted by atomic mass is 9.84. The lowest BCUT2D eigenvalue weighted by molar-refractivity contribution is -0.138. The molecule has 2 aromatic carbocycles. The second-order valence-corrected chi connectivity index (χ2v) is 10.7. The molecule has 35 heavy (non-hydrogen) atoms. The third-order valence-electron chi connectivity index (χ3n) is 7.97. The summed E-state index contributed by atoms with van der Waals surface area (Å²) in [5.41, 5.74) is 1.62. The molecule has 3 atom stereocenters. The highest BCUT2D eigenvalue weighted by atomic mass is 16.3. The van der Waals surface area contributed by atoms with Crippen molar-refractivity contribution in [3.8, 4) is 0 Å². The van der Waals surface area contributed by atoms with Crippen LogP contribution in [0.4, 0.5) is 0 Å². The van der Waals surface area contributed by atoms with E-state index in [4.69, 9.17) is 4.99 Å². The third kappa shape index (κ3) is 5.44. The number of aliphatic imine (C=N–C) groups is 1. The summed E-state index contributed by atoms with van der Waals surface area (Å²) in [5.74, 6) is 0.0993. The molecule has 2 unspecified atom stereocenters. The molecule has 5 rings (SSSR count). The number of benzene rings is 2. The van der Waals surface area contributed by atoms with Gasteiger partial charge in [0.15, 0.2) is 6.04 Å². The number of carbonyl (C=O) groups excluding carboxylic acids is 1. The summed E-state index contributed by atoms with van der Waals surface area (Å²) in [4.78, 5) is 25.4. The maximum absolute atomic E-state index is 14.1. The summed E-state index contributed by atoms with van der Waals surface area (Å²) in [6.07, 6.45) is 7.60. The Kier molecular flexibility index (Phi) is 7.21. The molecule has 6 heteroatoms. The molecule has 1 saturated carbocycles. The van der Waals surface area contributed by atoms with E-state index in [9.17, 15) is 9.90 Å². The van der Waals surface area contributed by atoms with Gasteiger partial charge >= 0.3 is 0 Å². The Labute approximate surface area is 209 Å². The summed E-state index contributed by atoms with van der Waals surface area (Å²) in [6, 6.07) is 20.1. The first-order valence-corrected chi connectivity index (χ1v) is 13.1. The van der Waals surface area contributed by atoms with Crippen molar-refractivity contribution in [1.29, 1.82) is 0 Å². The fourth-order valence-corrected chi connectivity index (χ4v) is 6.09. The SMILES string of the molecule is CN1CCN(C(=O)C2N=CN(CC3(O)CCCCC3)C2c2ccccc2)[C@H](Cc2ccccc2)C1.